The molecule has 1 amide bonds. The van der Waals surface area contributed by atoms with E-state index in [2.05, 4.69) is 0 Å². The highest BCUT2D eigenvalue weighted by molar-refractivity contribution is 6.14. The highest BCUT2D eigenvalue weighted by Gasteiger charge is 2.45. The zero-order chi connectivity index (χ0) is 22.7. The number of carbonyl (C=O) groups excluding carboxylic acids is 3. The summed E-state index contributed by atoms with van der Waals surface area (Å²) < 4.78 is 9.86. The van der Waals surface area contributed by atoms with Crippen molar-refractivity contribution < 1.29 is 23.9 Å². The number of hydrogen-bond donors (Lipinski definition) is 0. The van der Waals surface area contributed by atoms with Crippen LogP contribution >= 0.6 is 0 Å². The second-order valence-electron chi connectivity index (χ2n) is 7.52. The van der Waals surface area contributed by atoms with Gasteiger partial charge in [0.2, 0.25) is 5.91 Å². The standard InChI is InChI=1S/C26H23NO5/c1-31-22(28)15-21-23(26(30)32-2)24(20-14-8-12-18-11-6-7-13-19(18)20)27(25(21)29)16-17-9-4-3-5-10-17/h3-14,21H,15-16H2,1-2H3. The van der Waals surface area contributed by atoms with Crippen LogP contribution in [-0.2, 0) is 30.4 Å². The van der Waals surface area contributed by atoms with Crippen LogP contribution in [0, 0.1) is 5.92 Å². The Balaban J connectivity index is 1.95. The Morgan fingerprint density at radius 3 is 2.28 bits per heavy atom. The molecular weight excluding hydrogens is 406 g/mol. The number of ether oxygens (including phenoxy) is 2. The zero-order valence-electron chi connectivity index (χ0n) is 17.9. The summed E-state index contributed by atoms with van der Waals surface area (Å²) in [5.74, 6) is -2.51. The molecule has 4 rings (SSSR count). The molecule has 3 aromatic carbocycles. The number of methoxy groups -OCH3 is 2. The van der Waals surface area contributed by atoms with Crippen molar-refractivity contribution in [1.29, 1.82) is 0 Å². The number of hydrogen-bond acceptors (Lipinski definition) is 5. The predicted octanol–water partition coefficient (Wildman–Crippen LogP) is 3.95. The lowest BCUT2D eigenvalue weighted by Crippen LogP contribution is -2.30. The smallest absolute Gasteiger partial charge is 0.336 e. The van der Waals surface area contributed by atoms with Gasteiger partial charge in [0, 0.05) is 5.56 Å². The third-order valence-electron chi connectivity index (χ3n) is 5.67. The summed E-state index contributed by atoms with van der Waals surface area (Å²) in [4.78, 5) is 40.2. The topological polar surface area (TPSA) is 72.9 Å². The van der Waals surface area contributed by atoms with Gasteiger partial charge in [-0.3, -0.25) is 9.59 Å². The van der Waals surface area contributed by atoms with E-state index in [0.717, 1.165) is 21.9 Å². The fraction of sp³-hybridized carbons (Fsp3) is 0.192. The molecule has 1 aliphatic rings. The van der Waals surface area contributed by atoms with E-state index in [-0.39, 0.29) is 24.4 Å². The van der Waals surface area contributed by atoms with E-state index in [1.54, 1.807) is 4.90 Å². The average molecular weight is 429 g/mol. The van der Waals surface area contributed by atoms with Gasteiger partial charge in [-0.1, -0.05) is 72.8 Å². The molecule has 32 heavy (non-hydrogen) atoms. The first-order valence-electron chi connectivity index (χ1n) is 10.3. The van der Waals surface area contributed by atoms with Gasteiger partial charge in [-0.2, -0.15) is 0 Å². The molecule has 6 nitrogen and oxygen atoms in total. The van der Waals surface area contributed by atoms with Crippen molar-refractivity contribution in [3.8, 4) is 0 Å². The summed E-state index contributed by atoms with van der Waals surface area (Å²) in [6.45, 7) is 0.260. The van der Waals surface area contributed by atoms with E-state index in [9.17, 15) is 14.4 Å². The van der Waals surface area contributed by atoms with Gasteiger partial charge in [0.15, 0.2) is 0 Å². The minimum Gasteiger partial charge on any atom is -0.469 e. The molecule has 0 radical (unpaired) electrons. The molecule has 0 bridgehead atoms. The van der Waals surface area contributed by atoms with Gasteiger partial charge in [-0.15, -0.1) is 0 Å². The summed E-state index contributed by atoms with van der Waals surface area (Å²) >= 11 is 0. The second-order valence-corrected chi connectivity index (χ2v) is 7.52. The Kier molecular flexibility index (Phi) is 6.03. The van der Waals surface area contributed by atoms with E-state index in [1.807, 2.05) is 72.8 Å². The molecular formula is C26H23NO5. The quantitative estimate of drug-likeness (QED) is 0.555. The highest BCUT2D eigenvalue weighted by atomic mass is 16.5. The van der Waals surface area contributed by atoms with Gasteiger partial charge in [0.25, 0.3) is 0 Å². The van der Waals surface area contributed by atoms with E-state index >= 15 is 0 Å². The summed E-state index contributed by atoms with van der Waals surface area (Å²) in [5, 5.41) is 1.88. The number of rotatable bonds is 6. The molecule has 0 saturated carbocycles. The third kappa shape index (κ3) is 3.87. The number of carbonyl (C=O) groups is 3. The zero-order valence-corrected chi connectivity index (χ0v) is 17.9. The molecule has 3 aromatic rings. The first kappa shape index (κ1) is 21.3. The summed E-state index contributed by atoms with van der Waals surface area (Å²) in [6.07, 6.45) is -0.237. The van der Waals surface area contributed by atoms with Crippen LogP contribution in [0.2, 0.25) is 0 Å². The molecule has 1 unspecified atom stereocenters. The summed E-state index contributed by atoms with van der Waals surface area (Å²) in [6, 6.07) is 23.0. The molecule has 0 aromatic heterocycles. The Labute approximate surface area is 186 Å². The molecule has 1 atom stereocenters. The van der Waals surface area contributed by atoms with Crippen molar-refractivity contribution in [1.82, 2.24) is 4.90 Å². The number of benzene rings is 3. The molecule has 6 heteroatoms. The van der Waals surface area contributed by atoms with Gasteiger partial charge >= 0.3 is 11.9 Å². The van der Waals surface area contributed by atoms with Gasteiger partial charge in [0.05, 0.1) is 44.4 Å². The fourth-order valence-corrected chi connectivity index (χ4v) is 4.17. The van der Waals surface area contributed by atoms with Gasteiger partial charge < -0.3 is 14.4 Å². The van der Waals surface area contributed by atoms with Crippen LogP contribution in [0.3, 0.4) is 0 Å². The Morgan fingerprint density at radius 2 is 1.56 bits per heavy atom. The SMILES string of the molecule is COC(=O)CC1C(=O)N(Cc2ccccc2)C(c2cccc3ccccc23)=C1C(=O)OC. The maximum Gasteiger partial charge on any atom is 0.336 e. The molecule has 0 aliphatic carbocycles. The van der Waals surface area contributed by atoms with Gasteiger partial charge in [-0.25, -0.2) is 4.79 Å². The summed E-state index contributed by atoms with van der Waals surface area (Å²) in [7, 11) is 2.53. The highest BCUT2D eigenvalue weighted by Crippen LogP contribution is 2.41. The molecule has 0 N–H and O–H groups in total. The van der Waals surface area contributed by atoms with Crippen LogP contribution in [0.5, 0.6) is 0 Å². The maximum absolute atomic E-state index is 13.6. The minimum absolute atomic E-state index is 0.176. The summed E-state index contributed by atoms with van der Waals surface area (Å²) in [5.41, 5.74) is 2.29. The van der Waals surface area contributed by atoms with Crippen molar-refractivity contribution in [3.05, 3.63) is 89.5 Å². The third-order valence-corrected chi connectivity index (χ3v) is 5.67. The van der Waals surface area contributed by atoms with E-state index in [0.29, 0.717) is 5.70 Å². The van der Waals surface area contributed by atoms with Crippen LogP contribution in [-0.4, -0.2) is 37.0 Å². The van der Waals surface area contributed by atoms with Gasteiger partial charge in [-0.05, 0) is 16.3 Å². The normalized spacial score (nSPS) is 15.9. The lowest BCUT2D eigenvalue weighted by molar-refractivity contribution is -0.145. The van der Waals surface area contributed by atoms with Crippen molar-refractivity contribution in [2.24, 2.45) is 5.92 Å². The number of amides is 1. The van der Waals surface area contributed by atoms with Crippen LogP contribution in [0.15, 0.2) is 78.4 Å². The van der Waals surface area contributed by atoms with Crippen LogP contribution in [0.1, 0.15) is 17.5 Å². The van der Waals surface area contributed by atoms with Crippen molar-refractivity contribution in [2.75, 3.05) is 14.2 Å². The second kappa shape index (κ2) is 9.06. The fourth-order valence-electron chi connectivity index (χ4n) is 4.17. The van der Waals surface area contributed by atoms with E-state index < -0.39 is 17.9 Å². The Morgan fingerprint density at radius 1 is 0.875 bits per heavy atom. The lowest BCUT2D eigenvalue weighted by atomic mass is 9.93. The van der Waals surface area contributed by atoms with Crippen LogP contribution in [0.4, 0.5) is 0 Å². The Bertz CT molecular complexity index is 1210. The van der Waals surface area contributed by atoms with Crippen molar-refractivity contribution >= 4 is 34.3 Å². The maximum atomic E-state index is 13.6. The lowest BCUT2D eigenvalue weighted by Gasteiger charge is -2.22. The Hall–Kier alpha value is -3.93. The van der Waals surface area contributed by atoms with E-state index in [1.165, 1.54) is 14.2 Å². The molecule has 1 aliphatic heterocycles. The number of fused-ring (bicyclic) bond motifs is 1. The minimum atomic E-state index is -0.979. The predicted molar refractivity (Wildman–Crippen MR) is 120 cm³/mol. The van der Waals surface area contributed by atoms with Gasteiger partial charge in [0.1, 0.15) is 0 Å². The van der Waals surface area contributed by atoms with Crippen molar-refractivity contribution in [3.63, 3.8) is 0 Å². The first-order valence-corrected chi connectivity index (χ1v) is 10.3. The van der Waals surface area contributed by atoms with Crippen molar-refractivity contribution in [2.45, 2.75) is 13.0 Å². The first-order chi connectivity index (χ1) is 15.5. The number of esters is 2. The van der Waals surface area contributed by atoms with E-state index in [4.69, 9.17) is 9.47 Å². The molecule has 0 fully saturated rings. The average Bonchev–Trinajstić information content (AvgIpc) is 3.09. The van der Waals surface area contributed by atoms with Crippen LogP contribution in [0.25, 0.3) is 16.5 Å². The largest absolute Gasteiger partial charge is 0.469 e. The van der Waals surface area contributed by atoms with Crippen LogP contribution < -0.4 is 0 Å². The number of nitrogens with zero attached hydrogens (tertiary/aromatic N) is 1. The molecule has 0 spiro atoms. The monoisotopic (exact) mass is 429 g/mol. The molecule has 0 saturated heterocycles. The molecule has 162 valence electrons. The molecule has 1 heterocycles.